The van der Waals surface area contributed by atoms with Gasteiger partial charge in [-0.1, -0.05) is 29.5 Å². The lowest BCUT2D eigenvalue weighted by atomic mass is 9.83. The second-order valence-electron chi connectivity index (χ2n) is 10.7. The summed E-state index contributed by atoms with van der Waals surface area (Å²) in [5.74, 6) is -0.578. The summed E-state index contributed by atoms with van der Waals surface area (Å²) in [4.78, 5) is 12.1. The van der Waals surface area contributed by atoms with Gasteiger partial charge in [0, 0.05) is 18.0 Å². The van der Waals surface area contributed by atoms with Crippen LogP contribution in [0.1, 0.15) is 58.7 Å². The van der Waals surface area contributed by atoms with Crippen molar-refractivity contribution in [2.24, 2.45) is 0 Å². The summed E-state index contributed by atoms with van der Waals surface area (Å²) in [6, 6.07) is 14.1. The molecule has 0 saturated heterocycles. The molecule has 1 aromatic heterocycles. The highest BCUT2D eigenvalue weighted by Crippen LogP contribution is 2.39. The first-order valence-corrected chi connectivity index (χ1v) is 15.2. The maximum atomic E-state index is 13.3. The van der Waals surface area contributed by atoms with Crippen molar-refractivity contribution in [2.75, 3.05) is 19.8 Å². The van der Waals surface area contributed by atoms with Crippen molar-refractivity contribution in [3.63, 3.8) is 0 Å². The number of aliphatic carboxylic acids is 1. The lowest BCUT2D eigenvalue weighted by Crippen LogP contribution is -2.39. The minimum Gasteiger partial charge on any atom is -0.491 e. The van der Waals surface area contributed by atoms with Crippen LogP contribution in [0.4, 0.5) is 0 Å². The van der Waals surface area contributed by atoms with Gasteiger partial charge in [-0.3, -0.25) is 4.79 Å². The molecule has 4 heterocycles. The molecule has 1 unspecified atom stereocenters. The van der Waals surface area contributed by atoms with Crippen molar-refractivity contribution in [1.29, 1.82) is 0 Å². The lowest BCUT2D eigenvalue weighted by molar-refractivity contribution is -0.137. The van der Waals surface area contributed by atoms with E-state index in [0.717, 1.165) is 33.3 Å². The molecular weight excluding hydrogens is 560 g/mol. The summed E-state index contributed by atoms with van der Waals surface area (Å²) in [5, 5.41) is 18.6. The molecule has 1 N–H and O–H groups in total. The molecule has 3 atom stereocenters. The molecule has 3 aliphatic rings. The first-order chi connectivity index (χ1) is 20.1. The molecule has 7 rings (SSSR count). The van der Waals surface area contributed by atoms with Crippen LogP contribution in [0, 0.1) is 13.8 Å². The third kappa shape index (κ3) is 5.21. The molecule has 0 saturated carbocycles. The molecular formula is C30H32N4O7S. The summed E-state index contributed by atoms with van der Waals surface area (Å²) >= 11 is 0. The molecule has 220 valence electrons. The van der Waals surface area contributed by atoms with Crippen LogP contribution in [0.25, 0.3) is 11.0 Å². The topological polar surface area (TPSA) is 133 Å². The highest BCUT2D eigenvalue weighted by atomic mass is 32.2. The van der Waals surface area contributed by atoms with E-state index in [1.54, 1.807) is 22.9 Å². The Morgan fingerprint density at radius 3 is 2.69 bits per heavy atom. The molecule has 0 spiro atoms. The summed E-state index contributed by atoms with van der Waals surface area (Å²) in [6.45, 7) is 7.32. The van der Waals surface area contributed by atoms with Gasteiger partial charge in [0.2, 0.25) is 0 Å². The largest absolute Gasteiger partial charge is 0.491 e. The monoisotopic (exact) mass is 592 g/mol. The summed E-state index contributed by atoms with van der Waals surface area (Å²) in [5.41, 5.74) is 6.31. The Bertz CT molecular complexity index is 1790. The van der Waals surface area contributed by atoms with Crippen molar-refractivity contribution in [3.05, 3.63) is 81.9 Å². The highest BCUT2D eigenvalue weighted by molar-refractivity contribution is 7.84. The lowest BCUT2D eigenvalue weighted by Gasteiger charge is -2.33. The van der Waals surface area contributed by atoms with Gasteiger partial charge in [-0.15, -0.1) is 5.10 Å². The number of rotatable bonds is 2. The van der Waals surface area contributed by atoms with E-state index in [1.807, 2.05) is 51.1 Å². The average molecular weight is 593 g/mol. The Morgan fingerprint density at radius 1 is 1.05 bits per heavy atom. The van der Waals surface area contributed by atoms with Gasteiger partial charge < -0.3 is 18.8 Å². The zero-order valence-corrected chi connectivity index (χ0v) is 24.4. The number of aryl methyl sites for hydroxylation is 2. The van der Waals surface area contributed by atoms with E-state index in [9.17, 15) is 18.3 Å². The van der Waals surface area contributed by atoms with Gasteiger partial charge in [0.15, 0.2) is 0 Å². The van der Waals surface area contributed by atoms with Crippen molar-refractivity contribution in [1.82, 2.24) is 19.3 Å². The zero-order valence-electron chi connectivity index (χ0n) is 23.6. The Hall–Kier alpha value is -4.00. The number of carboxylic acids is 1. The van der Waals surface area contributed by atoms with Crippen LogP contribution < -0.4 is 8.92 Å². The van der Waals surface area contributed by atoms with Crippen LogP contribution >= 0.6 is 0 Å². The number of benzene rings is 3. The van der Waals surface area contributed by atoms with Crippen molar-refractivity contribution >= 4 is 27.3 Å². The molecule has 12 heteroatoms. The van der Waals surface area contributed by atoms with E-state index < -0.39 is 28.2 Å². The van der Waals surface area contributed by atoms with Gasteiger partial charge in [0.1, 0.15) is 23.6 Å². The molecule has 3 aliphatic heterocycles. The second kappa shape index (κ2) is 11.0. The third-order valence-corrected chi connectivity index (χ3v) is 9.52. The van der Waals surface area contributed by atoms with Gasteiger partial charge in [-0.05, 0) is 72.9 Å². The first-order valence-electron chi connectivity index (χ1n) is 13.8. The standard InChI is InChI=1S/C30H32N4O7S/c1-18-4-5-21-15-25(18)20(3)34-17-22-14-23(6-9-28(22)41-42(34,37)38)40-13-12-39-11-10-33-27-8-7-24(26(21)16-29(35)36)19(2)30(27)31-32-33/h4-9,14-15,20,26H,10-13,16-17H2,1-3H3,(H,35,36)/t20-,26-/m1/s1. The fraction of sp³-hybridized carbons (Fsp3) is 0.367. The van der Waals surface area contributed by atoms with E-state index in [4.69, 9.17) is 13.7 Å². The molecule has 4 aromatic rings. The van der Waals surface area contributed by atoms with Crippen molar-refractivity contribution in [2.45, 2.75) is 52.2 Å². The van der Waals surface area contributed by atoms with Gasteiger partial charge >= 0.3 is 16.3 Å². The summed E-state index contributed by atoms with van der Waals surface area (Å²) in [6.07, 6.45) is -0.146. The van der Waals surface area contributed by atoms with Crippen LogP contribution in [-0.2, 0) is 32.9 Å². The van der Waals surface area contributed by atoms with Gasteiger partial charge in [0.25, 0.3) is 0 Å². The predicted molar refractivity (Wildman–Crippen MR) is 154 cm³/mol. The Balaban J connectivity index is 1.48. The molecule has 42 heavy (non-hydrogen) atoms. The zero-order chi connectivity index (χ0) is 29.6. The number of fused-ring (bicyclic) bond motifs is 6. The van der Waals surface area contributed by atoms with Crippen LogP contribution in [0.3, 0.4) is 0 Å². The normalized spacial score (nSPS) is 21.9. The minimum absolute atomic E-state index is 0.0968. The fourth-order valence-electron chi connectivity index (χ4n) is 5.85. The maximum Gasteiger partial charge on any atom is 0.386 e. The van der Waals surface area contributed by atoms with E-state index in [-0.39, 0.29) is 18.7 Å². The highest BCUT2D eigenvalue weighted by Gasteiger charge is 2.37. The maximum absolute atomic E-state index is 13.3. The number of hydrogen-bond donors (Lipinski definition) is 1. The van der Waals surface area contributed by atoms with Crippen LogP contribution in [-0.4, -0.2) is 58.6 Å². The molecule has 0 amide bonds. The van der Waals surface area contributed by atoms with E-state index >= 15 is 0 Å². The molecule has 11 nitrogen and oxygen atoms in total. The fourth-order valence-corrected chi connectivity index (χ4v) is 7.13. The van der Waals surface area contributed by atoms with E-state index in [2.05, 4.69) is 10.3 Å². The predicted octanol–water partition coefficient (Wildman–Crippen LogP) is 4.26. The first kappa shape index (κ1) is 28.1. The van der Waals surface area contributed by atoms with Gasteiger partial charge in [-0.2, -0.15) is 12.7 Å². The SMILES string of the molecule is Cc1ccc2cc1[C@@H](C)N1Cc3cc(ccc3OS1(=O)=O)OCCOCCn1nnc3c(C)c(ccc31)[C@@H]2CC(=O)O. The summed E-state index contributed by atoms with van der Waals surface area (Å²) in [7, 11) is -4.10. The molecule has 0 aliphatic carbocycles. The molecule has 0 fully saturated rings. The average Bonchev–Trinajstić information content (AvgIpc) is 3.36. The number of ether oxygens (including phenoxy) is 2. The van der Waals surface area contributed by atoms with Crippen LogP contribution in [0.5, 0.6) is 11.5 Å². The van der Waals surface area contributed by atoms with Crippen LogP contribution in [0.15, 0.2) is 48.5 Å². The van der Waals surface area contributed by atoms with Gasteiger partial charge in [0.05, 0.1) is 37.7 Å². The smallest absolute Gasteiger partial charge is 0.386 e. The Kier molecular flexibility index (Phi) is 7.37. The van der Waals surface area contributed by atoms with Crippen molar-refractivity contribution in [3.8, 4) is 11.5 Å². The van der Waals surface area contributed by atoms with Gasteiger partial charge in [-0.25, -0.2) is 4.68 Å². The van der Waals surface area contributed by atoms with E-state index in [0.29, 0.717) is 43.2 Å². The molecule has 9 bridgehead atoms. The number of nitrogens with zero attached hydrogens (tertiary/aromatic N) is 4. The number of carbonyl (C=O) groups is 1. The summed E-state index contributed by atoms with van der Waals surface area (Å²) < 4.78 is 46.8. The minimum atomic E-state index is -4.10. The number of aromatic nitrogens is 3. The Labute approximate surface area is 243 Å². The molecule has 0 radical (unpaired) electrons. The Morgan fingerprint density at radius 2 is 1.88 bits per heavy atom. The van der Waals surface area contributed by atoms with Crippen LogP contribution in [0.2, 0.25) is 0 Å². The molecule has 3 aromatic carbocycles. The van der Waals surface area contributed by atoms with Crippen molar-refractivity contribution < 1.29 is 32.0 Å². The second-order valence-corrected chi connectivity index (χ2v) is 12.2. The number of carboxylic acid groups (broad SMARTS) is 1. The van der Waals surface area contributed by atoms with E-state index in [1.165, 1.54) is 4.31 Å². The quantitative estimate of drug-likeness (QED) is 0.362. The number of hydrogen-bond acceptors (Lipinski definition) is 8. The third-order valence-electron chi connectivity index (χ3n) is 8.11.